The van der Waals surface area contributed by atoms with Gasteiger partial charge in [-0.1, -0.05) is 30.3 Å². The zero-order valence-electron chi connectivity index (χ0n) is 14.8. The van der Waals surface area contributed by atoms with Gasteiger partial charge in [-0.25, -0.2) is 0 Å². The van der Waals surface area contributed by atoms with Crippen molar-refractivity contribution in [3.63, 3.8) is 0 Å². The molecule has 0 spiro atoms. The van der Waals surface area contributed by atoms with Gasteiger partial charge in [0.25, 0.3) is 5.91 Å². The van der Waals surface area contributed by atoms with Crippen molar-refractivity contribution in [2.24, 2.45) is 0 Å². The number of aromatic nitrogens is 1. The zero-order valence-corrected chi connectivity index (χ0v) is 16.4. The van der Waals surface area contributed by atoms with Crippen LogP contribution < -0.4 is 10.2 Å². The highest BCUT2D eigenvalue weighted by atomic mass is 79.9. The van der Waals surface area contributed by atoms with E-state index in [1.807, 2.05) is 39.8 Å². The number of rotatable bonds is 3. The van der Waals surface area contributed by atoms with Crippen LogP contribution in [-0.2, 0) is 13.2 Å². The average molecular weight is 430 g/mol. The number of amides is 1. The number of hydrogen-bond donors (Lipinski definition) is 0. The fraction of sp³-hybridized carbons (Fsp3) is 0.400. The summed E-state index contributed by atoms with van der Waals surface area (Å²) < 4.78 is 8.20. The molecule has 3 aliphatic heterocycles. The minimum atomic E-state index is -0.274. The maximum atomic E-state index is 13.3. The van der Waals surface area contributed by atoms with E-state index in [4.69, 9.17) is 4.74 Å². The predicted molar refractivity (Wildman–Crippen MR) is 104 cm³/mol. The molecule has 4 heterocycles. The van der Waals surface area contributed by atoms with Crippen molar-refractivity contribution in [3.05, 3.63) is 62.5 Å². The largest absolute Gasteiger partial charge is 0.483 e. The summed E-state index contributed by atoms with van der Waals surface area (Å²) >= 11 is 3.35. The second-order valence-electron chi connectivity index (χ2n) is 7.38. The average Bonchev–Trinajstić information content (AvgIpc) is 3.26. The van der Waals surface area contributed by atoms with Crippen LogP contribution in [0.2, 0.25) is 0 Å². The van der Waals surface area contributed by atoms with E-state index in [2.05, 4.69) is 20.8 Å². The summed E-state index contributed by atoms with van der Waals surface area (Å²) in [6, 6.07) is 10.1. The van der Waals surface area contributed by atoms with Crippen molar-refractivity contribution in [2.45, 2.75) is 38.2 Å². The van der Waals surface area contributed by atoms with Crippen molar-refractivity contribution < 1.29 is 9.53 Å². The third-order valence-corrected chi connectivity index (χ3v) is 6.38. The molecule has 0 radical (unpaired) electrons. The van der Waals surface area contributed by atoms with Gasteiger partial charge in [-0.3, -0.25) is 14.5 Å². The monoisotopic (exact) mass is 429 g/mol. The molecule has 2 atom stereocenters. The molecule has 140 valence electrons. The van der Waals surface area contributed by atoms with Crippen LogP contribution in [0.4, 0.5) is 0 Å². The van der Waals surface area contributed by atoms with Gasteiger partial charge in [0, 0.05) is 25.3 Å². The van der Waals surface area contributed by atoms with Gasteiger partial charge in [0.15, 0.2) is 11.4 Å². The lowest BCUT2D eigenvalue weighted by atomic mass is 10.1. The summed E-state index contributed by atoms with van der Waals surface area (Å²) in [4.78, 5) is 30.3. The molecule has 5 rings (SSSR count). The third-order valence-electron chi connectivity index (χ3n) is 5.82. The van der Waals surface area contributed by atoms with Gasteiger partial charge in [0.1, 0.15) is 12.8 Å². The molecule has 0 aliphatic carbocycles. The van der Waals surface area contributed by atoms with Crippen LogP contribution in [0.5, 0.6) is 5.75 Å². The van der Waals surface area contributed by atoms with Crippen LogP contribution in [0.25, 0.3) is 0 Å². The van der Waals surface area contributed by atoms with Crippen LogP contribution in [-0.4, -0.2) is 45.6 Å². The van der Waals surface area contributed by atoms with E-state index < -0.39 is 0 Å². The molecule has 1 amide bonds. The van der Waals surface area contributed by atoms with Crippen LogP contribution in [0, 0.1) is 0 Å². The second kappa shape index (κ2) is 6.49. The number of nitrogens with zero attached hydrogens (tertiary/aromatic N) is 3. The summed E-state index contributed by atoms with van der Waals surface area (Å²) in [5, 5.41) is 0. The van der Waals surface area contributed by atoms with Crippen LogP contribution in [0.1, 0.15) is 28.9 Å². The Labute approximate surface area is 165 Å². The molecule has 2 aromatic rings. The first-order valence-corrected chi connectivity index (χ1v) is 10.1. The summed E-state index contributed by atoms with van der Waals surface area (Å²) in [5.74, 6) is 0.0389. The van der Waals surface area contributed by atoms with Crippen molar-refractivity contribution in [1.82, 2.24) is 14.4 Å². The Morgan fingerprint density at radius 1 is 1.15 bits per heavy atom. The van der Waals surface area contributed by atoms with Gasteiger partial charge >= 0.3 is 0 Å². The minimum absolute atomic E-state index is 0.0777. The molecular formula is C20H20BrN3O3. The molecule has 0 bridgehead atoms. The Morgan fingerprint density at radius 2 is 1.96 bits per heavy atom. The van der Waals surface area contributed by atoms with Crippen LogP contribution in [0.3, 0.4) is 0 Å². The molecule has 3 aliphatic rings. The fourth-order valence-electron chi connectivity index (χ4n) is 4.54. The van der Waals surface area contributed by atoms with Crippen molar-refractivity contribution >= 4 is 21.8 Å². The zero-order chi connectivity index (χ0) is 18.5. The number of carbonyl (C=O) groups is 1. The highest BCUT2D eigenvalue weighted by Crippen LogP contribution is 2.36. The van der Waals surface area contributed by atoms with Crippen LogP contribution >= 0.6 is 15.9 Å². The number of fused-ring (bicyclic) bond motifs is 4. The maximum absolute atomic E-state index is 13.3. The molecule has 2 fully saturated rings. The van der Waals surface area contributed by atoms with E-state index in [0.29, 0.717) is 22.8 Å². The first kappa shape index (κ1) is 17.0. The Hall–Kier alpha value is -2.12. The van der Waals surface area contributed by atoms with Gasteiger partial charge in [-0.2, -0.15) is 0 Å². The first-order chi connectivity index (χ1) is 13.1. The standard InChI is InChI=1S/C20H20BrN3O3/c21-15-10-22-11-16-23-8-4-7-14(23)9-24(16)20(26)17(22)19(18(15)25)27-12-13-5-2-1-3-6-13/h1-3,5-6,10,14,16H,4,7-9,11-12H2/t14?,16-/m0/s1. The maximum Gasteiger partial charge on any atom is 0.275 e. The topological polar surface area (TPSA) is 54.8 Å². The molecule has 0 saturated carbocycles. The summed E-state index contributed by atoms with van der Waals surface area (Å²) in [6.45, 7) is 2.70. The van der Waals surface area contributed by atoms with E-state index in [1.165, 1.54) is 6.42 Å². The molecule has 1 unspecified atom stereocenters. The van der Waals surface area contributed by atoms with Gasteiger partial charge < -0.3 is 14.2 Å². The summed E-state index contributed by atoms with van der Waals surface area (Å²) in [7, 11) is 0. The number of pyridine rings is 1. The predicted octanol–water partition coefficient (Wildman–Crippen LogP) is 2.45. The van der Waals surface area contributed by atoms with Crippen LogP contribution in [0.15, 0.2) is 45.8 Å². The highest BCUT2D eigenvalue weighted by molar-refractivity contribution is 9.10. The third kappa shape index (κ3) is 2.72. The molecule has 2 saturated heterocycles. The number of ether oxygens (including phenoxy) is 1. The number of halogens is 1. The lowest BCUT2D eigenvalue weighted by molar-refractivity contribution is 0.0511. The molecule has 0 N–H and O–H groups in total. The molecule has 27 heavy (non-hydrogen) atoms. The van der Waals surface area contributed by atoms with E-state index >= 15 is 0 Å². The minimum Gasteiger partial charge on any atom is -0.483 e. The smallest absolute Gasteiger partial charge is 0.275 e. The Kier molecular flexibility index (Phi) is 4.09. The molecule has 1 aromatic carbocycles. The molecule has 1 aromatic heterocycles. The molecule has 6 nitrogen and oxygen atoms in total. The van der Waals surface area contributed by atoms with Crippen molar-refractivity contribution in [2.75, 3.05) is 13.1 Å². The van der Waals surface area contributed by atoms with Gasteiger partial charge in [-0.15, -0.1) is 0 Å². The summed E-state index contributed by atoms with van der Waals surface area (Å²) in [5.41, 5.74) is 1.05. The number of carbonyl (C=O) groups excluding carboxylic acids is 1. The number of benzene rings is 1. The van der Waals surface area contributed by atoms with E-state index in [9.17, 15) is 9.59 Å². The lowest BCUT2D eigenvalue weighted by Gasteiger charge is -2.36. The van der Waals surface area contributed by atoms with Gasteiger partial charge in [0.05, 0.1) is 11.0 Å². The Balaban J connectivity index is 1.52. The quantitative estimate of drug-likeness (QED) is 0.751. The van der Waals surface area contributed by atoms with E-state index in [0.717, 1.165) is 25.1 Å². The fourth-order valence-corrected chi connectivity index (χ4v) is 4.97. The second-order valence-corrected chi connectivity index (χ2v) is 8.24. The lowest BCUT2D eigenvalue weighted by Crippen LogP contribution is -2.50. The number of hydrogen-bond acceptors (Lipinski definition) is 4. The summed E-state index contributed by atoms with van der Waals surface area (Å²) in [6.07, 6.45) is 4.13. The van der Waals surface area contributed by atoms with Gasteiger partial charge in [0.2, 0.25) is 5.43 Å². The SMILES string of the molecule is O=C1c2c(OCc3ccccc3)c(=O)c(Br)cn2C[C@@H]2N1CC1CCCN12. The van der Waals surface area contributed by atoms with Crippen molar-refractivity contribution in [1.29, 1.82) is 0 Å². The van der Waals surface area contributed by atoms with Gasteiger partial charge in [-0.05, 0) is 34.3 Å². The van der Waals surface area contributed by atoms with Crippen molar-refractivity contribution in [3.8, 4) is 5.75 Å². The molecular weight excluding hydrogens is 410 g/mol. The van der Waals surface area contributed by atoms with E-state index in [-0.39, 0.29) is 29.9 Å². The molecule has 7 heteroatoms. The first-order valence-electron chi connectivity index (χ1n) is 9.30. The normalized spacial score (nSPS) is 23.9. The Morgan fingerprint density at radius 3 is 2.78 bits per heavy atom. The van der Waals surface area contributed by atoms with E-state index in [1.54, 1.807) is 6.20 Å². The Bertz CT molecular complexity index is 959. The highest BCUT2D eigenvalue weighted by Gasteiger charge is 2.48.